The van der Waals surface area contributed by atoms with Crippen molar-refractivity contribution in [1.82, 2.24) is 14.9 Å². The molecule has 1 aromatic rings. The van der Waals surface area contributed by atoms with Gasteiger partial charge in [-0.15, -0.1) is 0 Å². The molecule has 0 N–H and O–H groups in total. The van der Waals surface area contributed by atoms with Crippen molar-refractivity contribution in [2.75, 3.05) is 13.1 Å². The Morgan fingerprint density at radius 2 is 2.18 bits per heavy atom. The van der Waals surface area contributed by atoms with Gasteiger partial charge in [-0.1, -0.05) is 0 Å². The molecule has 0 radical (unpaired) electrons. The molecule has 2 heterocycles. The number of ether oxygens (including phenoxy) is 1. The van der Waals surface area contributed by atoms with Gasteiger partial charge in [-0.25, -0.2) is 14.8 Å². The maximum absolute atomic E-state index is 12.6. The molecule has 1 amide bonds. The zero-order valence-electron chi connectivity index (χ0n) is 13.5. The van der Waals surface area contributed by atoms with Crippen LogP contribution in [0.25, 0.3) is 0 Å². The summed E-state index contributed by atoms with van der Waals surface area (Å²) < 4.78 is 18.0. The predicted molar refractivity (Wildman–Crippen MR) is 84.0 cm³/mol. The molecule has 2 rings (SSSR count). The van der Waals surface area contributed by atoms with Gasteiger partial charge < -0.3 is 9.64 Å². The number of likely N-dealkylation sites (tertiary alicyclic amines) is 1. The van der Waals surface area contributed by atoms with Gasteiger partial charge in [0, 0.05) is 25.0 Å². The quantitative estimate of drug-likeness (QED) is 0.780. The van der Waals surface area contributed by atoms with Crippen molar-refractivity contribution in [2.24, 2.45) is 0 Å². The molecule has 6 nitrogen and oxygen atoms in total. The van der Waals surface area contributed by atoms with E-state index >= 15 is 0 Å². The van der Waals surface area contributed by atoms with Gasteiger partial charge in [0.1, 0.15) is 5.60 Å². The Kier molecular flexibility index (Phi) is 5.16. The molecule has 1 aromatic heterocycles. The Morgan fingerprint density at radius 3 is 2.82 bits per heavy atom. The molecule has 1 aliphatic heterocycles. The molecule has 1 fully saturated rings. The minimum Gasteiger partial charge on any atom is -0.444 e. The molecule has 0 bridgehead atoms. The number of nitrogens with zero attached hydrogens (tertiary/aromatic N) is 3. The van der Waals surface area contributed by atoms with Crippen molar-refractivity contribution in [1.29, 1.82) is 0 Å². The fourth-order valence-corrected chi connectivity index (χ4v) is 3.67. The fraction of sp³-hybridized carbons (Fsp3) is 0.667. The smallest absolute Gasteiger partial charge is 0.410 e. The molecule has 0 saturated carbocycles. The molecule has 2 atom stereocenters. The van der Waals surface area contributed by atoms with Crippen molar-refractivity contribution in [3.8, 4) is 0 Å². The largest absolute Gasteiger partial charge is 0.444 e. The molecule has 1 aliphatic rings. The Balaban J connectivity index is 2.04. The van der Waals surface area contributed by atoms with Crippen LogP contribution in [0.4, 0.5) is 4.79 Å². The highest BCUT2D eigenvalue weighted by Crippen LogP contribution is 2.20. The van der Waals surface area contributed by atoms with Crippen LogP contribution < -0.4 is 0 Å². The summed E-state index contributed by atoms with van der Waals surface area (Å²) in [5.41, 5.74) is 0.265. The van der Waals surface area contributed by atoms with E-state index in [1.807, 2.05) is 27.7 Å². The number of carbonyl (C=O) groups is 1. The van der Waals surface area contributed by atoms with Gasteiger partial charge >= 0.3 is 6.09 Å². The van der Waals surface area contributed by atoms with Crippen LogP contribution in [0.15, 0.2) is 17.4 Å². The first-order valence-corrected chi connectivity index (χ1v) is 8.66. The molecule has 0 unspecified atom stereocenters. The number of hydrogen-bond acceptors (Lipinski definition) is 5. The molecule has 22 heavy (non-hydrogen) atoms. The SMILES string of the molecule is Cc1ccnc([S@](=O)[C@H]2CCCN(C(=O)OC(C)(C)C)C2)n1. The van der Waals surface area contributed by atoms with Gasteiger partial charge in [0.25, 0.3) is 0 Å². The molecule has 1 saturated heterocycles. The maximum Gasteiger partial charge on any atom is 0.410 e. The van der Waals surface area contributed by atoms with E-state index in [2.05, 4.69) is 9.97 Å². The fourth-order valence-electron chi connectivity index (χ4n) is 2.28. The minimum absolute atomic E-state index is 0.150. The first-order chi connectivity index (χ1) is 10.3. The third kappa shape index (κ3) is 4.50. The maximum atomic E-state index is 12.6. The van der Waals surface area contributed by atoms with E-state index in [0.717, 1.165) is 18.5 Å². The lowest BCUT2D eigenvalue weighted by molar-refractivity contribution is 0.0219. The monoisotopic (exact) mass is 325 g/mol. The van der Waals surface area contributed by atoms with Crippen molar-refractivity contribution in [2.45, 2.75) is 56.5 Å². The van der Waals surface area contributed by atoms with E-state index in [1.165, 1.54) is 0 Å². The molecule has 0 aliphatic carbocycles. The van der Waals surface area contributed by atoms with E-state index in [1.54, 1.807) is 17.2 Å². The number of hydrogen-bond donors (Lipinski definition) is 0. The highest BCUT2D eigenvalue weighted by molar-refractivity contribution is 7.85. The van der Waals surface area contributed by atoms with Crippen LogP contribution in [0, 0.1) is 6.92 Å². The first kappa shape index (κ1) is 16.9. The Morgan fingerprint density at radius 1 is 1.45 bits per heavy atom. The summed E-state index contributed by atoms with van der Waals surface area (Å²) in [7, 11) is -1.31. The molecular formula is C15H23N3O3S. The normalized spacial score (nSPS) is 20.5. The predicted octanol–water partition coefficient (Wildman–Crippen LogP) is 2.29. The number of rotatable bonds is 2. The van der Waals surface area contributed by atoms with Gasteiger partial charge in [0.15, 0.2) is 0 Å². The second-order valence-corrected chi connectivity index (χ2v) is 8.10. The summed E-state index contributed by atoms with van der Waals surface area (Å²) in [5.74, 6) is 0. The summed E-state index contributed by atoms with van der Waals surface area (Å²) in [6, 6.07) is 1.77. The van der Waals surface area contributed by atoms with E-state index in [9.17, 15) is 9.00 Å². The van der Waals surface area contributed by atoms with Crippen molar-refractivity contribution in [3.05, 3.63) is 18.0 Å². The minimum atomic E-state index is -1.31. The average molecular weight is 325 g/mol. The first-order valence-electron chi connectivity index (χ1n) is 7.44. The second kappa shape index (κ2) is 6.73. The molecule has 7 heteroatoms. The van der Waals surface area contributed by atoms with Gasteiger partial charge in [0.2, 0.25) is 5.16 Å². The van der Waals surface area contributed by atoms with Gasteiger partial charge in [-0.3, -0.25) is 4.21 Å². The van der Waals surface area contributed by atoms with E-state index in [0.29, 0.717) is 18.2 Å². The Labute approximate surface area is 133 Å². The third-order valence-electron chi connectivity index (χ3n) is 3.29. The van der Waals surface area contributed by atoms with Crippen LogP contribution in [0.2, 0.25) is 0 Å². The highest BCUT2D eigenvalue weighted by atomic mass is 32.2. The molecule has 122 valence electrons. The summed E-state index contributed by atoms with van der Waals surface area (Å²) in [6.07, 6.45) is 2.87. The van der Waals surface area contributed by atoms with Crippen molar-refractivity contribution < 1.29 is 13.7 Å². The van der Waals surface area contributed by atoms with E-state index in [4.69, 9.17) is 4.74 Å². The lowest BCUT2D eigenvalue weighted by Crippen LogP contribution is -2.46. The van der Waals surface area contributed by atoms with Crippen molar-refractivity contribution >= 4 is 16.9 Å². The number of aryl methyl sites for hydroxylation is 1. The van der Waals surface area contributed by atoms with Crippen molar-refractivity contribution in [3.63, 3.8) is 0 Å². The number of piperidine rings is 1. The van der Waals surface area contributed by atoms with E-state index < -0.39 is 16.4 Å². The molecule has 0 aromatic carbocycles. The average Bonchev–Trinajstić information content (AvgIpc) is 2.45. The number of carbonyl (C=O) groups excluding carboxylic acids is 1. The van der Waals surface area contributed by atoms with Gasteiger partial charge in [-0.05, 0) is 46.6 Å². The summed E-state index contributed by atoms with van der Waals surface area (Å²) in [6.45, 7) is 8.41. The summed E-state index contributed by atoms with van der Waals surface area (Å²) in [5, 5.41) is 0.194. The highest BCUT2D eigenvalue weighted by Gasteiger charge is 2.31. The van der Waals surface area contributed by atoms with Gasteiger partial charge in [-0.2, -0.15) is 0 Å². The lowest BCUT2D eigenvalue weighted by Gasteiger charge is -2.33. The summed E-state index contributed by atoms with van der Waals surface area (Å²) in [4.78, 5) is 22.1. The standard InChI is InChI=1S/C15H23N3O3S/c1-11-7-8-16-13(17-11)22(20)12-6-5-9-18(10-12)14(19)21-15(2,3)4/h7-8,12H,5-6,9-10H2,1-4H3/t12-,22+/m0/s1. The molecule has 0 spiro atoms. The zero-order chi connectivity index (χ0) is 16.3. The number of amides is 1. The lowest BCUT2D eigenvalue weighted by atomic mass is 10.1. The van der Waals surface area contributed by atoms with E-state index in [-0.39, 0.29) is 11.3 Å². The Hall–Kier alpha value is -1.50. The Bertz CT molecular complexity index is 571. The van der Waals surface area contributed by atoms with Crippen LogP contribution in [-0.2, 0) is 15.5 Å². The topological polar surface area (TPSA) is 72.4 Å². The van der Waals surface area contributed by atoms with Crippen LogP contribution in [0.3, 0.4) is 0 Å². The second-order valence-electron chi connectivity index (χ2n) is 6.47. The zero-order valence-corrected chi connectivity index (χ0v) is 14.4. The van der Waals surface area contributed by atoms with Crippen LogP contribution in [0.5, 0.6) is 0 Å². The third-order valence-corrected chi connectivity index (χ3v) is 4.83. The van der Waals surface area contributed by atoms with Crippen LogP contribution in [0.1, 0.15) is 39.3 Å². The molecular weight excluding hydrogens is 302 g/mol. The van der Waals surface area contributed by atoms with Gasteiger partial charge in [0.05, 0.1) is 16.0 Å². The summed E-state index contributed by atoms with van der Waals surface area (Å²) >= 11 is 0. The number of aromatic nitrogens is 2. The van der Waals surface area contributed by atoms with Crippen LogP contribution >= 0.6 is 0 Å². The van der Waals surface area contributed by atoms with Crippen LogP contribution in [-0.4, -0.2) is 49.1 Å².